The minimum absolute atomic E-state index is 0.510. The van der Waals surface area contributed by atoms with Crippen LogP contribution in [0.2, 0.25) is 0 Å². The number of hydrogen-bond donors (Lipinski definition) is 1. The molecule has 0 aliphatic carbocycles. The highest BCUT2D eigenvalue weighted by Crippen LogP contribution is 2.20. The summed E-state index contributed by atoms with van der Waals surface area (Å²) in [7, 11) is 0. The maximum atomic E-state index is 5.65. The van der Waals surface area contributed by atoms with E-state index in [1.54, 1.807) is 0 Å². The minimum Gasteiger partial charge on any atom is -0.493 e. The first-order chi connectivity index (χ1) is 8.25. The van der Waals surface area contributed by atoms with Gasteiger partial charge in [0.2, 0.25) is 0 Å². The van der Waals surface area contributed by atoms with Crippen LogP contribution in [0.5, 0.6) is 5.75 Å². The number of benzene rings is 1. The summed E-state index contributed by atoms with van der Waals surface area (Å²) in [4.78, 5) is 0. The number of nitrogens with one attached hydrogen (secondary N) is 1. The van der Waals surface area contributed by atoms with Gasteiger partial charge >= 0.3 is 0 Å². The Balaban J connectivity index is 1.88. The van der Waals surface area contributed by atoms with Crippen LogP contribution in [0.1, 0.15) is 31.2 Å². The molecule has 5 heteroatoms. The lowest BCUT2D eigenvalue weighted by molar-refractivity contribution is 0.318. The van der Waals surface area contributed by atoms with Crippen molar-refractivity contribution < 1.29 is 4.74 Å². The number of nitrogens with zero attached hydrogens (tertiary/aromatic N) is 3. The lowest BCUT2D eigenvalue weighted by atomic mass is 10.0. The molecule has 0 fully saturated rings. The van der Waals surface area contributed by atoms with E-state index in [1.165, 1.54) is 5.56 Å². The van der Waals surface area contributed by atoms with Crippen LogP contribution in [-0.2, 0) is 6.42 Å². The van der Waals surface area contributed by atoms with Crippen LogP contribution in [0.3, 0.4) is 0 Å². The Morgan fingerprint density at radius 1 is 1.35 bits per heavy atom. The van der Waals surface area contributed by atoms with E-state index in [4.69, 9.17) is 4.74 Å². The first-order valence-electron chi connectivity index (χ1n) is 5.71. The Labute approximate surface area is 100 Å². The highest BCUT2D eigenvalue weighted by Gasteiger charge is 2.02. The summed E-state index contributed by atoms with van der Waals surface area (Å²) in [5.74, 6) is 2.07. The monoisotopic (exact) mass is 232 g/mol. The predicted octanol–water partition coefficient (Wildman–Crippen LogP) is 1.94. The van der Waals surface area contributed by atoms with Gasteiger partial charge in [-0.25, -0.2) is 0 Å². The molecule has 0 amide bonds. The van der Waals surface area contributed by atoms with E-state index in [2.05, 4.69) is 46.6 Å². The van der Waals surface area contributed by atoms with E-state index in [0.29, 0.717) is 24.8 Å². The van der Waals surface area contributed by atoms with Crippen molar-refractivity contribution in [1.29, 1.82) is 0 Å². The maximum absolute atomic E-state index is 5.65. The van der Waals surface area contributed by atoms with Crippen LogP contribution < -0.4 is 4.74 Å². The fourth-order valence-electron chi connectivity index (χ4n) is 1.51. The number of tetrazole rings is 1. The number of aromatic amines is 1. The van der Waals surface area contributed by atoms with Crippen LogP contribution in [0.15, 0.2) is 24.3 Å². The third-order valence-corrected chi connectivity index (χ3v) is 2.51. The SMILES string of the molecule is CC(C)c1cccc(OCCc2nn[nH]n2)c1. The molecule has 0 aliphatic heterocycles. The molecule has 0 atom stereocenters. The van der Waals surface area contributed by atoms with Crippen molar-refractivity contribution in [3.8, 4) is 5.75 Å². The van der Waals surface area contributed by atoms with Gasteiger partial charge < -0.3 is 4.74 Å². The summed E-state index contributed by atoms with van der Waals surface area (Å²) in [6.07, 6.45) is 0.655. The van der Waals surface area contributed by atoms with Crippen molar-refractivity contribution in [2.45, 2.75) is 26.2 Å². The summed E-state index contributed by atoms with van der Waals surface area (Å²) >= 11 is 0. The molecule has 1 aromatic heterocycles. The molecule has 5 nitrogen and oxygen atoms in total. The molecule has 0 unspecified atom stereocenters. The highest BCUT2D eigenvalue weighted by atomic mass is 16.5. The fraction of sp³-hybridized carbons (Fsp3) is 0.417. The molecule has 0 saturated heterocycles. The lowest BCUT2D eigenvalue weighted by Crippen LogP contribution is -2.03. The van der Waals surface area contributed by atoms with E-state index >= 15 is 0 Å². The molecule has 1 N–H and O–H groups in total. The molecular formula is C12H16N4O. The van der Waals surface area contributed by atoms with Gasteiger partial charge in [-0.05, 0) is 23.6 Å². The van der Waals surface area contributed by atoms with Crippen molar-refractivity contribution in [2.24, 2.45) is 0 Å². The smallest absolute Gasteiger partial charge is 0.177 e. The van der Waals surface area contributed by atoms with E-state index < -0.39 is 0 Å². The Morgan fingerprint density at radius 3 is 2.94 bits per heavy atom. The predicted molar refractivity (Wildman–Crippen MR) is 63.9 cm³/mol. The molecule has 90 valence electrons. The van der Waals surface area contributed by atoms with Gasteiger partial charge in [-0.1, -0.05) is 31.2 Å². The molecule has 1 heterocycles. The van der Waals surface area contributed by atoms with Crippen LogP contribution in [0, 0.1) is 0 Å². The number of aromatic nitrogens is 4. The Morgan fingerprint density at radius 2 is 2.24 bits per heavy atom. The van der Waals surface area contributed by atoms with Gasteiger partial charge in [0.25, 0.3) is 0 Å². The van der Waals surface area contributed by atoms with Gasteiger partial charge in [0, 0.05) is 6.42 Å². The normalized spacial score (nSPS) is 10.8. The van der Waals surface area contributed by atoms with Crippen molar-refractivity contribution in [1.82, 2.24) is 20.6 Å². The molecule has 0 saturated carbocycles. The zero-order valence-electron chi connectivity index (χ0n) is 10.1. The average Bonchev–Trinajstić information content (AvgIpc) is 2.82. The molecular weight excluding hydrogens is 216 g/mol. The van der Waals surface area contributed by atoms with Gasteiger partial charge in [0.15, 0.2) is 5.82 Å². The quantitative estimate of drug-likeness (QED) is 0.855. The van der Waals surface area contributed by atoms with E-state index in [-0.39, 0.29) is 0 Å². The van der Waals surface area contributed by atoms with Gasteiger partial charge in [-0.3, -0.25) is 0 Å². The largest absolute Gasteiger partial charge is 0.493 e. The number of ether oxygens (including phenoxy) is 1. The van der Waals surface area contributed by atoms with Crippen molar-refractivity contribution >= 4 is 0 Å². The van der Waals surface area contributed by atoms with E-state index in [9.17, 15) is 0 Å². The summed E-state index contributed by atoms with van der Waals surface area (Å²) in [5, 5.41) is 13.6. The summed E-state index contributed by atoms with van der Waals surface area (Å²) in [6, 6.07) is 8.15. The third-order valence-electron chi connectivity index (χ3n) is 2.51. The van der Waals surface area contributed by atoms with E-state index in [0.717, 1.165) is 5.75 Å². The molecule has 2 aromatic rings. The molecule has 0 aliphatic rings. The average molecular weight is 232 g/mol. The van der Waals surface area contributed by atoms with Crippen LogP contribution in [-0.4, -0.2) is 27.2 Å². The minimum atomic E-state index is 0.510. The van der Waals surface area contributed by atoms with Crippen LogP contribution in [0.4, 0.5) is 0 Å². The fourth-order valence-corrected chi connectivity index (χ4v) is 1.51. The maximum Gasteiger partial charge on any atom is 0.177 e. The van der Waals surface area contributed by atoms with Gasteiger partial charge in [0.05, 0.1) is 6.61 Å². The topological polar surface area (TPSA) is 63.7 Å². The van der Waals surface area contributed by atoms with Crippen molar-refractivity contribution in [3.63, 3.8) is 0 Å². The first kappa shape index (κ1) is 11.6. The zero-order valence-corrected chi connectivity index (χ0v) is 10.1. The van der Waals surface area contributed by atoms with Gasteiger partial charge in [-0.2, -0.15) is 5.21 Å². The zero-order chi connectivity index (χ0) is 12.1. The molecule has 0 radical (unpaired) electrons. The second-order valence-corrected chi connectivity index (χ2v) is 4.15. The molecule has 2 rings (SSSR count). The molecule has 0 spiro atoms. The summed E-state index contributed by atoms with van der Waals surface area (Å²) in [5.41, 5.74) is 1.28. The number of rotatable bonds is 5. The first-order valence-corrected chi connectivity index (χ1v) is 5.71. The second kappa shape index (κ2) is 5.43. The third kappa shape index (κ3) is 3.27. The second-order valence-electron chi connectivity index (χ2n) is 4.15. The van der Waals surface area contributed by atoms with Gasteiger partial charge in [0.1, 0.15) is 5.75 Å². The van der Waals surface area contributed by atoms with E-state index in [1.807, 2.05) is 12.1 Å². The number of hydrogen-bond acceptors (Lipinski definition) is 4. The van der Waals surface area contributed by atoms with Crippen LogP contribution in [0.25, 0.3) is 0 Å². The molecule has 0 bridgehead atoms. The summed E-state index contributed by atoms with van der Waals surface area (Å²) < 4.78 is 5.65. The van der Waals surface area contributed by atoms with Gasteiger partial charge in [-0.15, -0.1) is 10.2 Å². The highest BCUT2D eigenvalue weighted by molar-refractivity contribution is 5.30. The van der Waals surface area contributed by atoms with Crippen molar-refractivity contribution in [2.75, 3.05) is 6.61 Å². The molecule has 1 aromatic carbocycles. The number of H-pyrrole nitrogens is 1. The van der Waals surface area contributed by atoms with Crippen LogP contribution >= 0.6 is 0 Å². The lowest BCUT2D eigenvalue weighted by Gasteiger charge is -2.09. The van der Waals surface area contributed by atoms with Crippen molar-refractivity contribution in [3.05, 3.63) is 35.7 Å². The Bertz CT molecular complexity index is 453. The summed E-state index contributed by atoms with van der Waals surface area (Å²) in [6.45, 7) is 4.89. The molecule has 17 heavy (non-hydrogen) atoms. The standard InChI is InChI=1S/C12H16N4O/c1-9(2)10-4-3-5-11(8-10)17-7-6-12-13-15-16-14-12/h3-5,8-9H,6-7H2,1-2H3,(H,13,14,15,16). The Kier molecular flexibility index (Phi) is 3.69. The Hall–Kier alpha value is -1.91.